The second-order valence-electron chi connectivity index (χ2n) is 1.61. The Kier molecular flexibility index (Phi) is 1.71. The molecule has 0 saturated carbocycles. The van der Waals surface area contributed by atoms with E-state index in [0.29, 0.717) is 5.69 Å². The van der Waals surface area contributed by atoms with E-state index in [4.69, 9.17) is 5.26 Å². The quantitative estimate of drug-likeness (QED) is 0.624. The Morgan fingerprint density at radius 3 is 2.78 bits per heavy atom. The monoisotopic (exact) mass is 233 g/mol. The number of nitriles is 1. The summed E-state index contributed by atoms with van der Waals surface area (Å²) in [6, 6.07) is 1.98. The van der Waals surface area contributed by atoms with Crippen LogP contribution in [0.3, 0.4) is 0 Å². The van der Waals surface area contributed by atoms with Crippen LogP contribution in [0.1, 0.15) is 5.69 Å². The van der Waals surface area contributed by atoms with Crippen molar-refractivity contribution in [3.05, 3.63) is 15.5 Å². The molecular weight excluding hydrogens is 229 g/mol. The van der Waals surface area contributed by atoms with Crippen LogP contribution in [0, 0.1) is 14.9 Å². The number of hydrogen-bond donors (Lipinski definition) is 0. The normalized spacial score (nSPS) is 9.00. The molecular formula is C5H4IN3. The zero-order valence-corrected chi connectivity index (χ0v) is 6.95. The molecule has 0 atom stereocenters. The zero-order chi connectivity index (χ0) is 6.85. The van der Waals surface area contributed by atoms with Gasteiger partial charge in [-0.15, -0.1) is 0 Å². The van der Waals surface area contributed by atoms with E-state index in [-0.39, 0.29) is 0 Å². The Hall–Kier alpha value is -0.570. The van der Waals surface area contributed by atoms with E-state index < -0.39 is 0 Å². The Balaban J connectivity index is 3.20. The van der Waals surface area contributed by atoms with Crippen molar-refractivity contribution in [2.45, 2.75) is 0 Å². The van der Waals surface area contributed by atoms with Gasteiger partial charge in [-0.2, -0.15) is 10.4 Å². The molecule has 0 spiro atoms. The highest BCUT2D eigenvalue weighted by Crippen LogP contribution is 2.06. The van der Waals surface area contributed by atoms with Crippen molar-refractivity contribution in [2.75, 3.05) is 0 Å². The average Bonchev–Trinajstić information content (AvgIpc) is 2.10. The molecule has 0 N–H and O–H groups in total. The standard InChI is InChI=1S/C5H4IN3/c1-9-3-4(6)5(2-7)8-9/h3H,1H3. The van der Waals surface area contributed by atoms with Gasteiger partial charge in [-0.05, 0) is 22.6 Å². The van der Waals surface area contributed by atoms with Crippen molar-refractivity contribution < 1.29 is 0 Å². The molecule has 0 unspecified atom stereocenters. The van der Waals surface area contributed by atoms with Crippen LogP contribution in [-0.2, 0) is 7.05 Å². The molecule has 3 nitrogen and oxygen atoms in total. The summed E-state index contributed by atoms with van der Waals surface area (Å²) in [4.78, 5) is 0. The second kappa shape index (κ2) is 2.35. The molecule has 0 aliphatic rings. The van der Waals surface area contributed by atoms with Gasteiger partial charge < -0.3 is 0 Å². The minimum atomic E-state index is 0.498. The van der Waals surface area contributed by atoms with Crippen molar-refractivity contribution >= 4 is 22.6 Å². The minimum absolute atomic E-state index is 0.498. The molecule has 0 radical (unpaired) electrons. The molecule has 46 valence electrons. The fourth-order valence-corrected chi connectivity index (χ4v) is 1.17. The first kappa shape index (κ1) is 6.55. The topological polar surface area (TPSA) is 41.6 Å². The summed E-state index contributed by atoms with van der Waals surface area (Å²) in [5, 5.41) is 12.3. The summed E-state index contributed by atoms with van der Waals surface area (Å²) in [7, 11) is 1.79. The summed E-state index contributed by atoms with van der Waals surface area (Å²) < 4.78 is 2.53. The van der Waals surface area contributed by atoms with Crippen molar-refractivity contribution in [3.8, 4) is 6.07 Å². The summed E-state index contributed by atoms with van der Waals surface area (Å²) in [5.74, 6) is 0. The van der Waals surface area contributed by atoms with Gasteiger partial charge in [0.05, 0.1) is 3.57 Å². The molecule has 1 rings (SSSR count). The molecule has 1 aromatic heterocycles. The van der Waals surface area contributed by atoms with Gasteiger partial charge in [0.1, 0.15) is 6.07 Å². The first-order valence-electron chi connectivity index (χ1n) is 2.33. The molecule has 1 aromatic rings. The zero-order valence-electron chi connectivity index (χ0n) is 4.80. The van der Waals surface area contributed by atoms with E-state index in [0.717, 1.165) is 3.57 Å². The Morgan fingerprint density at radius 1 is 1.89 bits per heavy atom. The highest BCUT2D eigenvalue weighted by molar-refractivity contribution is 14.1. The van der Waals surface area contributed by atoms with E-state index in [2.05, 4.69) is 27.7 Å². The number of rotatable bonds is 0. The molecule has 0 fully saturated rings. The fourth-order valence-electron chi connectivity index (χ4n) is 0.535. The van der Waals surface area contributed by atoms with Gasteiger partial charge in [-0.3, -0.25) is 4.68 Å². The molecule has 0 aromatic carbocycles. The molecule has 4 heteroatoms. The van der Waals surface area contributed by atoms with E-state index in [1.807, 2.05) is 6.07 Å². The molecule has 0 saturated heterocycles. The molecule has 1 heterocycles. The Morgan fingerprint density at radius 2 is 2.56 bits per heavy atom. The molecule has 0 aliphatic carbocycles. The second-order valence-corrected chi connectivity index (χ2v) is 2.77. The third kappa shape index (κ3) is 1.21. The maximum Gasteiger partial charge on any atom is 0.175 e. The largest absolute Gasteiger partial charge is 0.273 e. The number of aromatic nitrogens is 2. The van der Waals surface area contributed by atoms with Crippen LogP contribution in [-0.4, -0.2) is 9.78 Å². The van der Waals surface area contributed by atoms with Gasteiger partial charge >= 0.3 is 0 Å². The maximum atomic E-state index is 8.40. The third-order valence-electron chi connectivity index (χ3n) is 0.890. The van der Waals surface area contributed by atoms with Crippen molar-refractivity contribution in [2.24, 2.45) is 7.05 Å². The first-order chi connectivity index (χ1) is 4.24. The average molecular weight is 233 g/mol. The van der Waals surface area contributed by atoms with Crippen LogP contribution in [0.4, 0.5) is 0 Å². The van der Waals surface area contributed by atoms with Gasteiger partial charge in [-0.1, -0.05) is 0 Å². The Labute approximate surface area is 66.4 Å². The lowest BCUT2D eigenvalue weighted by Crippen LogP contribution is -1.86. The number of nitrogens with zero attached hydrogens (tertiary/aromatic N) is 3. The van der Waals surface area contributed by atoms with Gasteiger partial charge in [0.2, 0.25) is 0 Å². The summed E-state index contributed by atoms with van der Waals surface area (Å²) in [6.07, 6.45) is 1.80. The van der Waals surface area contributed by atoms with Crippen LogP contribution >= 0.6 is 22.6 Å². The predicted octanol–water partition coefficient (Wildman–Crippen LogP) is 0.896. The van der Waals surface area contributed by atoms with Crippen LogP contribution in [0.15, 0.2) is 6.20 Å². The number of aryl methyl sites for hydroxylation is 1. The highest BCUT2D eigenvalue weighted by Gasteiger charge is 2.00. The summed E-state index contributed by atoms with van der Waals surface area (Å²) >= 11 is 2.08. The van der Waals surface area contributed by atoms with Crippen LogP contribution in [0.5, 0.6) is 0 Å². The first-order valence-corrected chi connectivity index (χ1v) is 3.41. The Bertz CT molecular complexity index is 258. The lowest BCUT2D eigenvalue weighted by Gasteiger charge is -1.78. The lowest BCUT2D eigenvalue weighted by molar-refractivity contribution is 0.763. The molecule has 9 heavy (non-hydrogen) atoms. The van der Waals surface area contributed by atoms with Gasteiger partial charge in [-0.25, -0.2) is 0 Å². The maximum absolute atomic E-state index is 8.40. The van der Waals surface area contributed by atoms with Crippen molar-refractivity contribution in [1.82, 2.24) is 9.78 Å². The molecule has 0 bridgehead atoms. The van der Waals surface area contributed by atoms with Crippen molar-refractivity contribution in [3.63, 3.8) is 0 Å². The number of halogens is 1. The van der Waals surface area contributed by atoms with Gasteiger partial charge in [0.15, 0.2) is 5.69 Å². The van der Waals surface area contributed by atoms with E-state index in [1.54, 1.807) is 17.9 Å². The van der Waals surface area contributed by atoms with E-state index in [1.165, 1.54) is 0 Å². The summed E-state index contributed by atoms with van der Waals surface area (Å²) in [5.41, 5.74) is 0.498. The third-order valence-corrected chi connectivity index (χ3v) is 1.68. The fraction of sp³-hybridized carbons (Fsp3) is 0.200. The van der Waals surface area contributed by atoms with Crippen LogP contribution in [0.2, 0.25) is 0 Å². The SMILES string of the molecule is Cn1cc(I)c(C#N)n1. The number of hydrogen-bond acceptors (Lipinski definition) is 2. The lowest BCUT2D eigenvalue weighted by atomic mass is 10.5. The highest BCUT2D eigenvalue weighted by atomic mass is 127. The molecule has 0 aliphatic heterocycles. The van der Waals surface area contributed by atoms with Crippen LogP contribution < -0.4 is 0 Å². The van der Waals surface area contributed by atoms with Gasteiger partial charge in [0, 0.05) is 13.2 Å². The molecule has 0 amide bonds. The smallest absolute Gasteiger partial charge is 0.175 e. The van der Waals surface area contributed by atoms with Crippen molar-refractivity contribution in [1.29, 1.82) is 5.26 Å². The minimum Gasteiger partial charge on any atom is -0.273 e. The van der Waals surface area contributed by atoms with E-state index >= 15 is 0 Å². The van der Waals surface area contributed by atoms with Crippen LogP contribution in [0.25, 0.3) is 0 Å². The van der Waals surface area contributed by atoms with Gasteiger partial charge in [0.25, 0.3) is 0 Å². The predicted molar refractivity (Wildman–Crippen MR) is 40.6 cm³/mol. The van der Waals surface area contributed by atoms with E-state index in [9.17, 15) is 0 Å². The summed E-state index contributed by atoms with van der Waals surface area (Å²) in [6.45, 7) is 0.